The van der Waals surface area contributed by atoms with E-state index in [4.69, 9.17) is 4.42 Å². The van der Waals surface area contributed by atoms with Gasteiger partial charge >= 0.3 is 0 Å². The Hall–Kier alpha value is -4.34. The van der Waals surface area contributed by atoms with E-state index in [1.807, 2.05) is 6.20 Å². The van der Waals surface area contributed by atoms with E-state index in [2.05, 4.69) is 30.2 Å². The molecule has 9 nitrogen and oxygen atoms in total. The number of rotatable bonds is 4. The average molecular weight is 417 g/mol. The smallest absolute Gasteiger partial charge is 0.293 e. The number of carbonyl (C=O) groups excluding carboxylic acids is 1. The number of H-pyrrole nitrogens is 1. The molecule has 0 atom stereocenters. The molecule has 1 amide bonds. The van der Waals surface area contributed by atoms with E-state index in [0.29, 0.717) is 28.7 Å². The summed E-state index contributed by atoms with van der Waals surface area (Å²) in [5, 5.41) is 2.71. The minimum atomic E-state index is -0.470. The molecule has 4 heterocycles. The van der Waals surface area contributed by atoms with Crippen molar-refractivity contribution in [1.29, 1.82) is 0 Å². The number of anilines is 1. The van der Waals surface area contributed by atoms with Crippen molar-refractivity contribution >= 4 is 17.4 Å². The lowest BCUT2D eigenvalue weighted by atomic mass is 10.1. The topological polar surface area (TPSA) is 114 Å². The van der Waals surface area contributed by atoms with Gasteiger partial charge in [-0.05, 0) is 25.1 Å². The third-order valence-corrected chi connectivity index (χ3v) is 4.73. The number of carbonyl (C=O) groups is 1. The fourth-order valence-electron chi connectivity index (χ4n) is 3.30. The maximum Gasteiger partial charge on any atom is 0.293 e. The van der Waals surface area contributed by atoms with Crippen LogP contribution in [0.25, 0.3) is 28.3 Å². The van der Waals surface area contributed by atoms with Crippen LogP contribution in [0.3, 0.4) is 0 Å². The lowest BCUT2D eigenvalue weighted by Gasteiger charge is -2.06. The molecular formula is C21H16FN7O2. The zero-order valence-electron chi connectivity index (χ0n) is 16.5. The highest BCUT2D eigenvalue weighted by molar-refractivity contribution is 6.03. The van der Waals surface area contributed by atoms with Gasteiger partial charge < -0.3 is 14.7 Å². The molecule has 4 aromatic heterocycles. The Kier molecular flexibility index (Phi) is 4.32. The molecule has 0 bridgehead atoms. The predicted octanol–water partition coefficient (Wildman–Crippen LogP) is 3.78. The molecule has 154 valence electrons. The van der Waals surface area contributed by atoms with Gasteiger partial charge in [-0.25, -0.2) is 24.3 Å². The SMILES string of the molecule is Cc1nc(C)c(C(=O)Nc2ccc(F)c(-c3cn4cc(-c5cnc[nH]5)cnc4n3)c2)o1. The zero-order chi connectivity index (χ0) is 21.5. The van der Waals surface area contributed by atoms with Crippen molar-refractivity contribution in [2.24, 2.45) is 0 Å². The van der Waals surface area contributed by atoms with Gasteiger partial charge in [-0.1, -0.05) is 0 Å². The molecule has 5 rings (SSSR count). The standard InChI is InChI=1S/C21H16FN7O2/c1-11-19(31-12(2)26-11)20(30)27-14-3-4-16(22)15(5-14)18-9-29-8-13(6-24-21(29)28-18)17-7-23-10-25-17/h3-10H,1-2H3,(H,23,25)(H,27,30). The molecule has 0 saturated carbocycles. The second-order valence-electron chi connectivity index (χ2n) is 6.94. The highest BCUT2D eigenvalue weighted by atomic mass is 19.1. The number of benzene rings is 1. The number of imidazole rings is 2. The van der Waals surface area contributed by atoms with Crippen molar-refractivity contribution in [3.05, 3.63) is 72.5 Å². The summed E-state index contributed by atoms with van der Waals surface area (Å²) in [4.78, 5) is 32.3. The predicted molar refractivity (Wildman–Crippen MR) is 110 cm³/mol. The van der Waals surface area contributed by atoms with E-state index in [9.17, 15) is 9.18 Å². The van der Waals surface area contributed by atoms with E-state index in [-0.39, 0.29) is 11.3 Å². The van der Waals surface area contributed by atoms with E-state index < -0.39 is 11.7 Å². The Labute approximate surface area is 175 Å². The largest absolute Gasteiger partial charge is 0.436 e. The molecule has 0 aliphatic carbocycles. The lowest BCUT2D eigenvalue weighted by molar-refractivity contribution is 0.0994. The zero-order valence-corrected chi connectivity index (χ0v) is 16.5. The number of nitrogens with zero attached hydrogens (tertiary/aromatic N) is 5. The summed E-state index contributed by atoms with van der Waals surface area (Å²) < 4.78 is 21.6. The molecule has 0 unspecified atom stereocenters. The summed E-state index contributed by atoms with van der Waals surface area (Å²) in [6.45, 7) is 3.34. The van der Waals surface area contributed by atoms with Gasteiger partial charge in [0.25, 0.3) is 5.91 Å². The first-order valence-corrected chi connectivity index (χ1v) is 9.37. The Morgan fingerprint density at radius 1 is 1.19 bits per heavy atom. The average Bonchev–Trinajstić information content (AvgIpc) is 3.48. The normalized spacial score (nSPS) is 11.2. The number of nitrogens with one attached hydrogen (secondary N) is 2. The summed E-state index contributed by atoms with van der Waals surface area (Å²) in [6.07, 6.45) is 8.43. The van der Waals surface area contributed by atoms with Gasteiger partial charge in [-0.3, -0.25) is 9.20 Å². The Morgan fingerprint density at radius 2 is 2.06 bits per heavy atom. The van der Waals surface area contributed by atoms with Crippen molar-refractivity contribution in [2.45, 2.75) is 13.8 Å². The van der Waals surface area contributed by atoms with Crippen LogP contribution >= 0.6 is 0 Å². The van der Waals surface area contributed by atoms with Crippen LogP contribution in [-0.2, 0) is 0 Å². The molecule has 0 aliphatic rings. The minimum Gasteiger partial charge on any atom is -0.436 e. The summed E-state index contributed by atoms with van der Waals surface area (Å²) >= 11 is 0. The number of aryl methyl sites for hydroxylation is 2. The summed E-state index contributed by atoms with van der Waals surface area (Å²) in [5.41, 5.74) is 3.12. The van der Waals surface area contributed by atoms with Gasteiger partial charge in [0.05, 0.1) is 29.6 Å². The fraction of sp³-hybridized carbons (Fsp3) is 0.0952. The Bertz CT molecular complexity index is 1420. The maximum absolute atomic E-state index is 14.6. The molecule has 31 heavy (non-hydrogen) atoms. The number of amides is 1. The first-order valence-electron chi connectivity index (χ1n) is 9.37. The van der Waals surface area contributed by atoms with E-state index >= 15 is 0 Å². The van der Waals surface area contributed by atoms with Gasteiger partial charge in [-0.15, -0.1) is 0 Å². The number of halogens is 1. The number of hydrogen-bond donors (Lipinski definition) is 2. The number of fused-ring (bicyclic) bond motifs is 1. The highest BCUT2D eigenvalue weighted by Crippen LogP contribution is 2.27. The van der Waals surface area contributed by atoms with Gasteiger partial charge in [0, 0.05) is 42.3 Å². The van der Waals surface area contributed by atoms with Crippen molar-refractivity contribution in [2.75, 3.05) is 5.32 Å². The number of oxazole rings is 1. The van der Waals surface area contributed by atoms with Crippen LogP contribution in [-0.4, -0.2) is 35.2 Å². The molecule has 0 aliphatic heterocycles. The summed E-state index contributed by atoms with van der Waals surface area (Å²) in [5.74, 6) is -0.000869. The Morgan fingerprint density at radius 3 is 2.81 bits per heavy atom. The van der Waals surface area contributed by atoms with Crippen LogP contribution in [0.2, 0.25) is 0 Å². The minimum absolute atomic E-state index is 0.117. The third kappa shape index (κ3) is 3.44. The molecule has 0 radical (unpaired) electrons. The summed E-state index contributed by atoms with van der Waals surface area (Å²) in [6, 6.07) is 4.26. The molecule has 0 saturated heterocycles. The van der Waals surface area contributed by atoms with Crippen LogP contribution in [0.1, 0.15) is 22.1 Å². The van der Waals surface area contributed by atoms with Crippen LogP contribution in [0, 0.1) is 19.7 Å². The number of aromatic amines is 1. The molecule has 0 fully saturated rings. The van der Waals surface area contributed by atoms with Gasteiger partial charge in [0.15, 0.2) is 5.89 Å². The van der Waals surface area contributed by atoms with Gasteiger partial charge in [-0.2, -0.15) is 0 Å². The van der Waals surface area contributed by atoms with Crippen molar-refractivity contribution in [3.63, 3.8) is 0 Å². The van der Waals surface area contributed by atoms with Crippen molar-refractivity contribution < 1.29 is 13.6 Å². The fourth-order valence-corrected chi connectivity index (χ4v) is 3.30. The van der Waals surface area contributed by atoms with Gasteiger partial charge in [0.1, 0.15) is 5.82 Å². The van der Waals surface area contributed by atoms with Crippen LogP contribution in [0.15, 0.2) is 53.7 Å². The first-order chi connectivity index (χ1) is 15.0. The molecule has 5 aromatic rings. The van der Waals surface area contributed by atoms with Crippen LogP contribution in [0.5, 0.6) is 0 Å². The number of aromatic nitrogens is 6. The first kappa shape index (κ1) is 18.7. The molecule has 10 heteroatoms. The Balaban J connectivity index is 1.48. The van der Waals surface area contributed by atoms with E-state index in [1.54, 1.807) is 43.2 Å². The summed E-state index contributed by atoms with van der Waals surface area (Å²) in [7, 11) is 0. The highest BCUT2D eigenvalue weighted by Gasteiger charge is 2.18. The van der Waals surface area contributed by atoms with Gasteiger partial charge in [0.2, 0.25) is 11.5 Å². The quantitative estimate of drug-likeness (QED) is 0.460. The second-order valence-corrected chi connectivity index (χ2v) is 6.94. The van der Waals surface area contributed by atoms with Crippen LogP contribution < -0.4 is 5.32 Å². The van der Waals surface area contributed by atoms with Crippen molar-refractivity contribution in [1.82, 2.24) is 29.3 Å². The van der Waals surface area contributed by atoms with Crippen LogP contribution in [0.4, 0.5) is 10.1 Å². The molecular weight excluding hydrogens is 401 g/mol. The van der Waals surface area contributed by atoms with E-state index in [0.717, 1.165) is 11.3 Å². The second kappa shape index (κ2) is 7.17. The van der Waals surface area contributed by atoms with E-state index in [1.165, 1.54) is 18.2 Å². The molecule has 1 aromatic carbocycles. The molecule has 0 spiro atoms. The monoisotopic (exact) mass is 417 g/mol. The maximum atomic E-state index is 14.6. The molecule has 2 N–H and O–H groups in total. The third-order valence-electron chi connectivity index (χ3n) is 4.73. The van der Waals surface area contributed by atoms with Crippen molar-refractivity contribution in [3.8, 4) is 22.5 Å². The lowest BCUT2D eigenvalue weighted by Crippen LogP contribution is -2.12. The number of hydrogen-bond acceptors (Lipinski definition) is 6.